The highest BCUT2D eigenvalue weighted by Gasteiger charge is 2.39. The highest BCUT2D eigenvalue weighted by Crippen LogP contribution is 2.39. The number of halogens is 4. The third-order valence-electron chi connectivity index (χ3n) is 8.95. The van der Waals surface area contributed by atoms with Gasteiger partial charge in [0.15, 0.2) is 5.78 Å². The first-order chi connectivity index (χ1) is 21.5. The van der Waals surface area contributed by atoms with Crippen LogP contribution in [0.5, 0.6) is 5.75 Å². The number of methoxy groups -OCH3 is 1. The maximum absolute atomic E-state index is 15.8. The number of carbonyl (C=O) groups is 2. The predicted molar refractivity (Wildman–Crippen MR) is 173 cm³/mol. The van der Waals surface area contributed by atoms with Crippen LogP contribution >= 0.6 is 0 Å². The lowest BCUT2D eigenvalue weighted by molar-refractivity contribution is -0.137. The number of carboxylic acids is 1. The first-order valence-electron chi connectivity index (χ1n) is 15.9. The number of allylic oxidation sites excluding steroid dienone is 4. The van der Waals surface area contributed by atoms with E-state index in [0.29, 0.717) is 24.2 Å². The number of ether oxygens (including phenoxy) is 1. The van der Waals surface area contributed by atoms with Crippen LogP contribution in [-0.2, 0) is 9.59 Å². The van der Waals surface area contributed by atoms with Gasteiger partial charge in [-0.3, -0.25) is 9.59 Å². The Balaban J connectivity index is 1.93. The van der Waals surface area contributed by atoms with Gasteiger partial charge in [-0.2, -0.15) is 13.2 Å². The molecule has 5 nitrogen and oxygen atoms in total. The van der Waals surface area contributed by atoms with Crippen LogP contribution in [0.3, 0.4) is 0 Å². The van der Waals surface area contributed by atoms with E-state index in [2.05, 4.69) is 19.2 Å². The summed E-state index contributed by atoms with van der Waals surface area (Å²) in [6, 6.07) is 6.16. The lowest BCUT2D eigenvalue weighted by Crippen LogP contribution is -2.38. The second-order valence-electron chi connectivity index (χ2n) is 13.0. The molecule has 1 aliphatic carbocycles. The second kappa shape index (κ2) is 15.4. The van der Waals surface area contributed by atoms with Crippen molar-refractivity contribution in [1.29, 1.82) is 0 Å². The number of alkyl halides is 3. The standard InChI is InChI=1S/C37H47F4NO4/c1-9-25-16-27(33(43)18-31(25)37(39,40)41)11-10-26(12-20(2)3)24(7)42-32(19-34(44)45)30-17-28(13-23(6)36(30)38)35-21(4)14-29(46-8)15-22(35)5/h13-18,20,24,26-27,32,42H,9-12,19H2,1-8H3,(H,44,45)/t24?,26?,27?,32-/m0/s1. The molecule has 0 saturated carbocycles. The number of ketones is 1. The Labute approximate surface area is 270 Å². The van der Waals surface area contributed by atoms with Crippen LogP contribution in [0, 0.1) is 44.3 Å². The lowest BCUT2D eigenvalue weighted by atomic mass is 9.80. The summed E-state index contributed by atoms with van der Waals surface area (Å²) >= 11 is 0. The quantitative estimate of drug-likeness (QED) is 0.200. The van der Waals surface area contributed by atoms with Crippen molar-refractivity contribution in [3.8, 4) is 16.9 Å². The smallest absolute Gasteiger partial charge is 0.416 e. The summed E-state index contributed by atoms with van der Waals surface area (Å²) in [5.74, 6) is -1.86. The number of benzene rings is 2. The zero-order valence-electron chi connectivity index (χ0n) is 28.1. The Bertz CT molecular complexity index is 1470. The Morgan fingerprint density at radius 1 is 1.04 bits per heavy atom. The highest BCUT2D eigenvalue weighted by atomic mass is 19.4. The van der Waals surface area contributed by atoms with Gasteiger partial charge in [-0.1, -0.05) is 26.8 Å². The third kappa shape index (κ3) is 9.08. The number of aryl methyl sites for hydroxylation is 3. The summed E-state index contributed by atoms with van der Waals surface area (Å²) in [4.78, 5) is 24.8. The molecule has 0 spiro atoms. The van der Waals surface area contributed by atoms with Gasteiger partial charge in [0, 0.05) is 23.6 Å². The molecule has 1 aliphatic rings. The molecule has 0 amide bonds. The predicted octanol–water partition coefficient (Wildman–Crippen LogP) is 9.39. The molecule has 0 bridgehead atoms. The average Bonchev–Trinajstić information content (AvgIpc) is 2.95. The van der Waals surface area contributed by atoms with Crippen LogP contribution in [-0.4, -0.2) is 36.2 Å². The lowest BCUT2D eigenvalue weighted by Gasteiger charge is -2.32. The van der Waals surface area contributed by atoms with Gasteiger partial charge < -0.3 is 15.2 Å². The van der Waals surface area contributed by atoms with Gasteiger partial charge in [-0.15, -0.1) is 0 Å². The van der Waals surface area contributed by atoms with Gasteiger partial charge in [0.2, 0.25) is 0 Å². The van der Waals surface area contributed by atoms with Gasteiger partial charge in [0.05, 0.1) is 19.1 Å². The molecule has 3 rings (SSSR count). The normalized spacial score (nSPS) is 17.4. The van der Waals surface area contributed by atoms with Crippen molar-refractivity contribution < 1.29 is 37.0 Å². The molecule has 9 heteroatoms. The van der Waals surface area contributed by atoms with Crippen molar-refractivity contribution in [1.82, 2.24) is 5.32 Å². The summed E-state index contributed by atoms with van der Waals surface area (Å²) in [7, 11) is 1.59. The number of nitrogens with one attached hydrogen (secondary N) is 1. The van der Waals surface area contributed by atoms with E-state index in [1.807, 2.05) is 32.9 Å². The first-order valence-corrected chi connectivity index (χ1v) is 15.9. The Hall–Kier alpha value is -3.46. The Morgan fingerprint density at radius 2 is 1.67 bits per heavy atom. The monoisotopic (exact) mass is 645 g/mol. The first kappa shape index (κ1) is 37.0. The molecule has 2 N–H and O–H groups in total. The second-order valence-corrected chi connectivity index (χ2v) is 13.0. The topological polar surface area (TPSA) is 75.6 Å². The molecular formula is C37H47F4NO4. The van der Waals surface area contributed by atoms with Gasteiger partial charge in [-0.05, 0) is 129 Å². The molecular weight excluding hydrogens is 598 g/mol. The van der Waals surface area contributed by atoms with E-state index in [1.165, 1.54) is 6.08 Å². The maximum atomic E-state index is 15.8. The third-order valence-corrected chi connectivity index (χ3v) is 8.95. The van der Waals surface area contributed by atoms with Crippen LogP contribution in [0.15, 0.2) is 47.6 Å². The number of aliphatic carboxylic acids is 1. The Morgan fingerprint density at radius 3 is 2.20 bits per heavy atom. The fourth-order valence-corrected chi connectivity index (χ4v) is 6.70. The van der Waals surface area contributed by atoms with E-state index in [0.717, 1.165) is 34.8 Å². The molecule has 0 fully saturated rings. The number of hydrogen-bond acceptors (Lipinski definition) is 4. The molecule has 46 heavy (non-hydrogen) atoms. The summed E-state index contributed by atoms with van der Waals surface area (Å²) in [5, 5.41) is 13.3. The molecule has 3 unspecified atom stereocenters. The number of carbonyl (C=O) groups excluding carboxylic acids is 1. The summed E-state index contributed by atoms with van der Waals surface area (Å²) < 4.78 is 61.7. The Kier molecular flexibility index (Phi) is 12.4. The zero-order chi connectivity index (χ0) is 34.5. The van der Waals surface area contributed by atoms with Crippen molar-refractivity contribution >= 4 is 11.8 Å². The largest absolute Gasteiger partial charge is 0.497 e. The fraction of sp³-hybridized carbons (Fsp3) is 0.514. The van der Waals surface area contributed by atoms with E-state index in [-0.39, 0.29) is 41.9 Å². The number of rotatable bonds is 14. The van der Waals surface area contributed by atoms with Crippen LogP contribution < -0.4 is 10.1 Å². The van der Waals surface area contributed by atoms with E-state index in [9.17, 15) is 27.9 Å². The van der Waals surface area contributed by atoms with Crippen molar-refractivity contribution in [3.05, 3.63) is 75.6 Å². The van der Waals surface area contributed by atoms with Crippen molar-refractivity contribution in [3.63, 3.8) is 0 Å². The van der Waals surface area contributed by atoms with Crippen LogP contribution in [0.4, 0.5) is 17.6 Å². The minimum absolute atomic E-state index is 0.0472. The molecule has 0 saturated heterocycles. The maximum Gasteiger partial charge on any atom is 0.416 e. The molecule has 2 aromatic carbocycles. The minimum atomic E-state index is -4.59. The molecule has 4 atom stereocenters. The van der Waals surface area contributed by atoms with E-state index in [4.69, 9.17) is 4.74 Å². The summed E-state index contributed by atoms with van der Waals surface area (Å²) in [5.41, 5.74) is 3.48. The van der Waals surface area contributed by atoms with Crippen LogP contribution in [0.25, 0.3) is 11.1 Å². The van der Waals surface area contributed by atoms with Gasteiger partial charge in [0.1, 0.15) is 11.6 Å². The minimum Gasteiger partial charge on any atom is -0.497 e. The zero-order valence-corrected chi connectivity index (χ0v) is 28.1. The molecule has 0 radical (unpaired) electrons. The highest BCUT2D eigenvalue weighted by molar-refractivity contribution is 5.96. The van der Waals surface area contributed by atoms with Crippen molar-refractivity contribution in [2.24, 2.45) is 17.8 Å². The van der Waals surface area contributed by atoms with Crippen LogP contribution in [0.1, 0.15) is 88.1 Å². The van der Waals surface area contributed by atoms with E-state index < -0.39 is 41.3 Å². The molecule has 0 aliphatic heterocycles. The van der Waals surface area contributed by atoms with E-state index >= 15 is 4.39 Å². The summed E-state index contributed by atoms with van der Waals surface area (Å²) in [6.45, 7) is 13.2. The molecule has 2 aromatic rings. The van der Waals surface area contributed by atoms with Gasteiger partial charge >= 0.3 is 12.1 Å². The fourth-order valence-electron chi connectivity index (χ4n) is 6.70. The number of carboxylic acid groups (broad SMARTS) is 1. The molecule has 252 valence electrons. The van der Waals surface area contributed by atoms with Crippen LogP contribution in [0.2, 0.25) is 0 Å². The van der Waals surface area contributed by atoms with Gasteiger partial charge in [0.25, 0.3) is 0 Å². The molecule has 0 aromatic heterocycles. The van der Waals surface area contributed by atoms with Gasteiger partial charge in [-0.25, -0.2) is 4.39 Å². The van der Waals surface area contributed by atoms with E-state index in [1.54, 1.807) is 33.1 Å². The average molecular weight is 646 g/mol. The van der Waals surface area contributed by atoms with Crippen molar-refractivity contribution in [2.45, 2.75) is 98.8 Å². The van der Waals surface area contributed by atoms with Crippen molar-refractivity contribution in [2.75, 3.05) is 7.11 Å². The SMILES string of the molecule is CCC1=CC(CCC(CC(C)C)C(C)N[C@@H](CC(=O)O)c2cc(-c3c(C)cc(OC)cc3C)cc(C)c2F)C(=O)C=C1C(F)(F)F. The molecule has 0 heterocycles. The number of hydrogen-bond donors (Lipinski definition) is 2. The summed E-state index contributed by atoms with van der Waals surface area (Å²) in [6.07, 6.45) is -0.976.